The maximum Gasteiger partial charge on any atom is 0.277 e. The molecule has 0 radical (unpaired) electrons. The van der Waals surface area contributed by atoms with Crippen molar-refractivity contribution in [3.8, 4) is 11.5 Å². The molecular weight excluding hydrogens is 356 g/mol. The Balaban J connectivity index is 1.47. The molecule has 0 unspecified atom stereocenters. The lowest BCUT2D eigenvalue weighted by Crippen LogP contribution is -2.13. The van der Waals surface area contributed by atoms with Crippen molar-refractivity contribution in [2.24, 2.45) is 0 Å². The summed E-state index contributed by atoms with van der Waals surface area (Å²) in [6, 6.07) is 13.9. The number of hydrogen-bond acceptors (Lipinski definition) is 7. The fraction of sp³-hybridized carbons (Fsp3) is 0.0588. The van der Waals surface area contributed by atoms with Crippen LogP contribution in [0.3, 0.4) is 0 Å². The number of nitrogens with zero attached hydrogens (tertiary/aromatic N) is 3. The van der Waals surface area contributed by atoms with Gasteiger partial charge in [-0.1, -0.05) is 48.2 Å². The number of nitrogens with one attached hydrogen (secondary N) is 1. The van der Waals surface area contributed by atoms with E-state index >= 15 is 0 Å². The molecule has 25 heavy (non-hydrogen) atoms. The zero-order valence-corrected chi connectivity index (χ0v) is 14.5. The van der Waals surface area contributed by atoms with Crippen molar-refractivity contribution in [2.45, 2.75) is 5.22 Å². The van der Waals surface area contributed by atoms with Gasteiger partial charge in [0.15, 0.2) is 5.13 Å². The molecule has 0 aliphatic heterocycles. The Kier molecular flexibility index (Phi) is 4.45. The quantitative estimate of drug-likeness (QED) is 0.535. The smallest absolute Gasteiger partial charge is 0.277 e. The van der Waals surface area contributed by atoms with Crippen molar-refractivity contribution >= 4 is 44.9 Å². The number of amides is 1. The number of hydrogen-bond donors (Lipinski definition) is 1. The summed E-state index contributed by atoms with van der Waals surface area (Å²) in [6.45, 7) is 0. The molecule has 0 bridgehead atoms. The monoisotopic (exact) mass is 368 g/mol. The van der Waals surface area contributed by atoms with Crippen molar-refractivity contribution < 1.29 is 9.21 Å². The highest BCUT2D eigenvalue weighted by Crippen LogP contribution is 2.29. The van der Waals surface area contributed by atoms with Gasteiger partial charge in [-0.2, -0.15) is 0 Å². The highest BCUT2D eigenvalue weighted by Gasteiger charge is 2.13. The minimum Gasteiger partial charge on any atom is -0.411 e. The molecule has 1 N–H and O–H groups in total. The number of rotatable bonds is 5. The van der Waals surface area contributed by atoms with E-state index in [0.717, 1.165) is 16.3 Å². The zero-order valence-electron chi connectivity index (χ0n) is 12.9. The molecule has 1 amide bonds. The van der Waals surface area contributed by atoms with Crippen molar-refractivity contribution in [1.29, 1.82) is 0 Å². The number of carbonyl (C=O) groups is 1. The summed E-state index contributed by atoms with van der Waals surface area (Å²) < 4.78 is 5.71. The third-order valence-electron chi connectivity index (χ3n) is 3.43. The van der Waals surface area contributed by atoms with E-state index in [2.05, 4.69) is 20.5 Å². The van der Waals surface area contributed by atoms with Crippen molar-refractivity contribution in [3.05, 3.63) is 54.0 Å². The van der Waals surface area contributed by atoms with E-state index in [9.17, 15) is 4.79 Å². The highest BCUT2D eigenvalue weighted by atomic mass is 32.2. The number of carbonyl (C=O) groups excluding carboxylic acids is 1. The Morgan fingerprint density at radius 3 is 2.92 bits per heavy atom. The van der Waals surface area contributed by atoms with Gasteiger partial charge in [-0.05, 0) is 16.8 Å². The molecule has 0 aliphatic rings. The van der Waals surface area contributed by atoms with Gasteiger partial charge in [0.25, 0.3) is 5.22 Å². The van der Waals surface area contributed by atoms with Gasteiger partial charge in [-0.3, -0.25) is 4.79 Å². The first-order chi connectivity index (χ1) is 12.3. The van der Waals surface area contributed by atoms with E-state index in [1.54, 1.807) is 11.6 Å². The predicted octanol–water partition coefficient (Wildman–Crippen LogP) is 4.08. The van der Waals surface area contributed by atoms with Gasteiger partial charge in [0, 0.05) is 17.1 Å². The third kappa shape index (κ3) is 3.54. The number of aromatic nitrogens is 3. The number of thiazole rings is 1. The normalized spacial score (nSPS) is 10.9. The maximum atomic E-state index is 11.9. The molecule has 0 spiro atoms. The van der Waals surface area contributed by atoms with Crippen molar-refractivity contribution in [3.63, 3.8) is 0 Å². The second-order valence-electron chi connectivity index (χ2n) is 5.07. The molecule has 8 heteroatoms. The van der Waals surface area contributed by atoms with Crippen molar-refractivity contribution in [2.75, 3.05) is 11.1 Å². The van der Waals surface area contributed by atoms with Crippen LogP contribution in [0.5, 0.6) is 0 Å². The number of fused-ring (bicyclic) bond motifs is 1. The zero-order chi connectivity index (χ0) is 17.1. The topological polar surface area (TPSA) is 80.9 Å². The van der Waals surface area contributed by atoms with E-state index in [1.807, 2.05) is 42.5 Å². The Hall–Kier alpha value is -2.71. The molecule has 2 heterocycles. The van der Waals surface area contributed by atoms with Crippen LogP contribution in [0.1, 0.15) is 0 Å². The van der Waals surface area contributed by atoms with Gasteiger partial charge < -0.3 is 9.73 Å². The lowest BCUT2D eigenvalue weighted by Gasteiger charge is -2.01. The van der Waals surface area contributed by atoms with Crippen LogP contribution in [0, 0.1) is 0 Å². The van der Waals surface area contributed by atoms with E-state index in [1.165, 1.54) is 23.1 Å². The summed E-state index contributed by atoms with van der Waals surface area (Å²) in [7, 11) is 0. The first-order valence-electron chi connectivity index (χ1n) is 7.43. The lowest BCUT2D eigenvalue weighted by atomic mass is 10.0. The standard InChI is InChI=1S/C17H12N4O2S2/c22-14(19-16-18-8-9-24-16)10-25-17-21-20-15(23-17)13-7-3-5-11-4-1-2-6-12(11)13/h1-9H,10H2,(H,18,19,22). The summed E-state index contributed by atoms with van der Waals surface area (Å²) in [6.07, 6.45) is 1.64. The van der Waals surface area contributed by atoms with E-state index < -0.39 is 0 Å². The SMILES string of the molecule is O=C(CSc1nnc(-c2cccc3ccccc23)o1)Nc1nccs1. The van der Waals surface area contributed by atoms with E-state index in [4.69, 9.17) is 4.42 Å². The van der Waals surface area contributed by atoms with Crippen molar-refractivity contribution in [1.82, 2.24) is 15.2 Å². The summed E-state index contributed by atoms with van der Waals surface area (Å²) >= 11 is 2.57. The summed E-state index contributed by atoms with van der Waals surface area (Å²) in [4.78, 5) is 15.9. The van der Waals surface area contributed by atoms with Crippen LogP contribution in [-0.2, 0) is 4.79 Å². The molecule has 6 nitrogen and oxygen atoms in total. The van der Waals surface area contributed by atoms with Crippen LogP contribution in [0.2, 0.25) is 0 Å². The van der Waals surface area contributed by atoms with Crippen LogP contribution in [0.25, 0.3) is 22.2 Å². The Labute approximate surface area is 151 Å². The molecule has 0 aliphatic carbocycles. The fourth-order valence-corrected chi connectivity index (χ4v) is 3.46. The molecule has 0 fully saturated rings. The highest BCUT2D eigenvalue weighted by molar-refractivity contribution is 7.99. The molecule has 124 valence electrons. The third-order valence-corrected chi connectivity index (χ3v) is 4.94. The first-order valence-corrected chi connectivity index (χ1v) is 9.30. The van der Waals surface area contributed by atoms with Gasteiger partial charge in [-0.15, -0.1) is 21.5 Å². The molecule has 2 aromatic heterocycles. The molecular formula is C17H12N4O2S2. The molecule has 0 saturated heterocycles. The van der Waals surface area contributed by atoms with E-state index in [0.29, 0.717) is 16.2 Å². The summed E-state index contributed by atoms with van der Waals surface area (Å²) in [5.74, 6) is 0.459. The van der Waals surface area contributed by atoms with Gasteiger partial charge in [0.1, 0.15) is 0 Å². The fourth-order valence-electron chi connectivity index (χ4n) is 2.36. The van der Waals surface area contributed by atoms with Gasteiger partial charge in [0.2, 0.25) is 11.8 Å². The Morgan fingerprint density at radius 1 is 1.16 bits per heavy atom. The number of benzene rings is 2. The lowest BCUT2D eigenvalue weighted by molar-refractivity contribution is -0.113. The molecule has 4 aromatic rings. The Bertz CT molecular complexity index is 1010. The van der Waals surface area contributed by atoms with Gasteiger partial charge in [-0.25, -0.2) is 4.98 Å². The first kappa shape index (κ1) is 15.8. The Morgan fingerprint density at radius 2 is 2.04 bits per heavy atom. The second kappa shape index (κ2) is 7.04. The molecule has 0 saturated carbocycles. The van der Waals surface area contributed by atoms with Crippen LogP contribution in [-0.4, -0.2) is 26.8 Å². The molecule has 4 rings (SSSR count). The van der Waals surface area contributed by atoms with E-state index in [-0.39, 0.29) is 11.7 Å². The van der Waals surface area contributed by atoms with Crippen LogP contribution in [0.15, 0.2) is 63.7 Å². The second-order valence-corrected chi connectivity index (χ2v) is 6.90. The minimum atomic E-state index is -0.162. The van der Waals surface area contributed by atoms with Crippen LogP contribution in [0.4, 0.5) is 5.13 Å². The van der Waals surface area contributed by atoms with Gasteiger partial charge >= 0.3 is 0 Å². The largest absolute Gasteiger partial charge is 0.411 e. The maximum absolute atomic E-state index is 11.9. The minimum absolute atomic E-state index is 0.162. The summed E-state index contributed by atoms with van der Waals surface area (Å²) in [5, 5.41) is 15.7. The molecule has 2 aromatic carbocycles. The number of anilines is 1. The number of thioether (sulfide) groups is 1. The summed E-state index contributed by atoms with van der Waals surface area (Å²) in [5.41, 5.74) is 0.879. The predicted molar refractivity (Wildman–Crippen MR) is 98.7 cm³/mol. The molecule has 0 atom stereocenters. The van der Waals surface area contributed by atoms with Gasteiger partial charge in [0.05, 0.1) is 5.75 Å². The van der Waals surface area contributed by atoms with Crippen LogP contribution >= 0.6 is 23.1 Å². The average Bonchev–Trinajstić information content (AvgIpc) is 3.31. The average molecular weight is 368 g/mol. The van der Waals surface area contributed by atoms with Crippen LogP contribution < -0.4 is 5.32 Å².